The lowest BCUT2D eigenvalue weighted by atomic mass is 10.2. The number of furan rings is 1. The molecule has 0 amide bonds. The Morgan fingerprint density at radius 3 is 2.79 bits per heavy atom. The molecule has 0 saturated heterocycles. The summed E-state index contributed by atoms with van der Waals surface area (Å²) in [4.78, 5) is 11.6. The van der Waals surface area contributed by atoms with Gasteiger partial charge in [-0.15, -0.1) is 0 Å². The average Bonchev–Trinajstić information content (AvgIpc) is 2.87. The first-order valence-electron chi connectivity index (χ1n) is 7.00. The molecule has 0 aromatic carbocycles. The number of hydrogen-bond acceptors (Lipinski definition) is 6. The van der Waals surface area contributed by atoms with Crippen LogP contribution in [0.4, 0.5) is 19.0 Å². The van der Waals surface area contributed by atoms with Gasteiger partial charge in [0.25, 0.3) is 0 Å². The van der Waals surface area contributed by atoms with Crippen LogP contribution in [0.25, 0.3) is 11.0 Å². The average molecular weight is 354 g/mol. The largest absolute Gasteiger partial charge is 0.462 e. The van der Waals surface area contributed by atoms with Gasteiger partial charge in [0, 0.05) is 22.9 Å². The second-order valence-electron chi connectivity index (χ2n) is 5.15. The summed E-state index contributed by atoms with van der Waals surface area (Å²) in [6, 6.07) is 2.64. The van der Waals surface area contributed by atoms with Crippen molar-refractivity contribution in [2.24, 2.45) is 0 Å². The van der Waals surface area contributed by atoms with E-state index >= 15 is 0 Å². The highest BCUT2D eigenvalue weighted by Crippen LogP contribution is 2.30. The van der Waals surface area contributed by atoms with Crippen molar-refractivity contribution in [3.05, 3.63) is 41.5 Å². The molecule has 0 aliphatic heterocycles. The number of nitrogens with two attached hydrogens (primary N) is 1. The topological polar surface area (TPSA) is 77.8 Å². The number of halogens is 3. The molecule has 5 nitrogen and oxygen atoms in total. The lowest BCUT2D eigenvalue weighted by Gasteiger charge is -2.08. The lowest BCUT2D eigenvalue weighted by Crippen LogP contribution is -2.11. The van der Waals surface area contributed by atoms with E-state index < -0.39 is 11.9 Å². The predicted octanol–water partition coefficient (Wildman–Crippen LogP) is 3.86. The van der Waals surface area contributed by atoms with Gasteiger partial charge >= 0.3 is 6.18 Å². The van der Waals surface area contributed by atoms with Crippen LogP contribution in [0.15, 0.2) is 34.2 Å². The van der Waals surface area contributed by atoms with E-state index in [2.05, 4.69) is 15.0 Å². The third kappa shape index (κ3) is 3.61. The third-order valence-electron chi connectivity index (χ3n) is 3.32. The first-order chi connectivity index (χ1) is 11.3. The molecular weight excluding hydrogens is 341 g/mol. The van der Waals surface area contributed by atoms with Crippen molar-refractivity contribution in [3.63, 3.8) is 0 Å². The van der Waals surface area contributed by atoms with Crippen LogP contribution in [0.2, 0.25) is 0 Å². The molecule has 0 aliphatic rings. The quantitative estimate of drug-likeness (QED) is 0.566. The van der Waals surface area contributed by atoms with Crippen LogP contribution in [0.5, 0.6) is 0 Å². The van der Waals surface area contributed by atoms with Crippen molar-refractivity contribution in [3.8, 4) is 0 Å². The van der Waals surface area contributed by atoms with E-state index in [1.54, 1.807) is 12.5 Å². The van der Waals surface area contributed by atoms with Crippen molar-refractivity contribution >= 4 is 28.5 Å². The summed E-state index contributed by atoms with van der Waals surface area (Å²) >= 11 is 1.11. The van der Waals surface area contributed by atoms with Gasteiger partial charge in [0.15, 0.2) is 16.4 Å². The third-order valence-corrected chi connectivity index (χ3v) is 4.17. The normalized spacial score (nSPS) is 12.0. The number of aromatic nitrogens is 3. The zero-order valence-corrected chi connectivity index (χ0v) is 13.4. The van der Waals surface area contributed by atoms with E-state index in [0.717, 1.165) is 34.5 Å². The summed E-state index contributed by atoms with van der Waals surface area (Å²) in [6.07, 6.45) is -0.687. The minimum atomic E-state index is -4.54. The molecule has 0 atom stereocenters. The first-order valence-corrected chi connectivity index (χ1v) is 7.99. The summed E-state index contributed by atoms with van der Waals surface area (Å²) in [5.41, 5.74) is 6.92. The molecule has 0 bridgehead atoms. The maximum atomic E-state index is 12.7. The molecule has 3 aromatic heterocycles. The number of anilines is 1. The summed E-state index contributed by atoms with van der Waals surface area (Å²) in [6.45, 7) is 1.93. The van der Waals surface area contributed by atoms with E-state index in [9.17, 15) is 13.2 Å². The maximum absolute atomic E-state index is 12.7. The van der Waals surface area contributed by atoms with E-state index in [-0.39, 0.29) is 11.0 Å². The molecule has 3 aromatic rings. The minimum absolute atomic E-state index is 0.00268. The second kappa shape index (κ2) is 6.31. The van der Waals surface area contributed by atoms with Gasteiger partial charge in [-0.1, -0.05) is 11.8 Å². The molecule has 0 spiro atoms. The molecule has 3 heterocycles. The Morgan fingerprint density at radius 2 is 2.04 bits per heavy atom. The maximum Gasteiger partial charge on any atom is 0.433 e. The zero-order chi connectivity index (χ0) is 17.3. The van der Waals surface area contributed by atoms with Gasteiger partial charge in [0.1, 0.15) is 5.82 Å². The number of alkyl halides is 3. The Hall–Kier alpha value is -2.29. The number of fused-ring (bicyclic) bond motifs is 1. The molecule has 0 radical (unpaired) electrons. The Balaban J connectivity index is 1.69. The lowest BCUT2D eigenvalue weighted by molar-refractivity contribution is -0.141. The van der Waals surface area contributed by atoms with E-state index in [1.165, 1.54) is 0 Å². The molecule has 24 heavy (non-hydrogen) atoms. The van der Waals surface area contributed by atoms with Gasteiger partial charge in [-0.05, 0) is 25.0 Å². The van der Waals surface area contributed by atoms with Crippen molar-refractivity contribution in [2.75, 3.05) is 11.5 Å². The van der Waals surface area contributed by atoms with Crippen LogP contribution in [0.1, 0.15) is 17.0 Å². The van der Waals surface area contributed by atoms with Crippen LogP contribution in [0, 0.1) is 6.92 Å². The fourth-order valence-corrected chi connectivity index (χ4v) is 2.97. The van der Waals surface area contributed by atoms with E-state index in [1.807, 2.05) is 13.0 Å². The number of nitrogen functional groups attached to an aromatic ring is 1. The van der Waals surface area contributed by atoms with Crippen LogP contribution in [0.3, 0.4) is 0 Å². The second-order valence-corrected chi connectivity index (χ2v) is 6.21. The Bertz CT molecular complexity index is 879. The zero-order valence-electron chi connectivity index (χ0n) is 12.6. The Morgan fingerprint density at radius 1 is 1.25 bits per heavy atom. The number of rotatable bonds is 4. The molecule has 3 rings (SSSR count). The smallest absolute Gasteiger partial charge is 0.433 e. The standard InChI is InChI=1S/C15H13F3N4OS/c1-8-7-23-11-6-20-9(4-10(8)11)2-3-24-14-21-12(15(16,17)18)5-13(19)22-14/h4-7H,2-3H2,1H3,(H2,19,21,22). The van der Waals surface area contributed by atoms with Gasteiger partial charge in [0.05, 0.1) is 12.5 Å². The highest BCUT2D eigenvalue weighted by molar-refractivity contribution is 7.99. The van der Waals surface area contributed by atoms with Gasteiger partial charge < -0.3 is 10.2 Å². The van der Waals surface area contributed by atoms with E-state index in [0.29, 0.717) is 17.8 Å². The molecule has 0 saturated carbocycles. The molecule has 0 fully saturated rings. The number of thioether (sulfide) groups is 1. The molecule has 0 aliphatic carbocycles. The number of pyridine rings is 1. The molecule has 0 unspecified atom stereocenters. The number of aryl methyl sites for hydroxylation is 2. The van der Waals surface area contributed by atoms with Gasteiger partial charge in [-0.3, -0.25) is 4.98 Å². The summed E-state index contributed by atoms with van der Waals surface area (Å²) < 4.78 is 43.5. The highest BCUT2D eigenvalue weighted by atomic mass is 32.2. The fourth-order valence-electron chi connectivity index (χ4n) is 2.14. The van der Waals surface area contributed by atoms with Gasteiger partial charge in [-0.25, -0.2) is 9.97 Å². The van der Waals surface area contributed by atoms with Gasteiger partial charge in [-0.2, -0.15) is 13.2 Å². The summed E-state index contributed by atoms with van der Waals surface area (Å²) in [5, 5.41) is 0.979. The first kappa shape index (κ1) is 16.6. The molecule has 126 valence electrons. The predicted molar refractivity (Wildman–Crippen MR) is 84.6 cm³/mol. The van der Waals surface area contributed by atoms with Crippen molar-refractivity contribution in [1.82, 2.24) is 15.0 Å². The van der Waals surface area contributed by atoms with Crippen LogP contribution >= 0.6 is 11.8 Å². The molecule has 9 heteroatoms. The highest BCUT2D eigenvalue weighted by Gasteiger charge is 2.33. The van der Waals surface area contributed by atoms with Crippen molar-refractivity contribution < 1.29 is 17.6 Å². The monoisotopic (exact) mass is 354 g/mol. The molecule has 2 N–H and O–H groups in total. The molecular formula is C15H13F3N4OS. The van der Waals surface area contributed by atoms with Crippen molar-refractivity contribution in [1.29, 1.82) is 0 Å². The van der Waals surface area contributed by atoms with Crippen LogP contribution in [-0.4, -0.2) is 20.7 Å². The summed E-state index contributed by atoms with van der Waals surface area (Å²) in [7, 11) is 0. The van der Waals surface area contributed by atoms with Crippen molar-refractivity contribution in [2.45, 2.75) is 24.7 Å². The number of hydrogen-bond donors (Lipinski definition) is 1. The van der Waals surface area contributed by atoms with Crippen LogP contribution in [-0.2, 0) is 12.6 Å². The van der Waals surface area contributed by atoms with Gasteiger partial charge in [0.2, 0.25) is 0 Å². The summed E-state index contributed by atoms with van der Waals surface area (Å²) in [5.74, 6) is 0.282. The van der Waals surface area contributed by atoms with E-state index in [4.69, 9.17) is 10.2 Å². The Kier molecular flexibility index (Phi) is 4.35. The number of nitrogens with zero attached hydrogens (tertiary/aromatic N) is 3. The van der Waals surface area contributed by atoms with Crippen LogP contribution < -0.4 is 5.73 Å². The SMILES string of the molecule is Cc1coc2cnc(CCSc3nc(N)cc(C(F)(F)F)n3)cc12. The fraction of sp³-hybridized carbons (Fsp3) is 0.267. The Labute approximate surface area is 139 Å². The minimum Gasteiger partial charge on any atom is -0.462 e.